The van der Waals surface area contributed by atoms with Crippen LogP contribution in [-0.2, 0) is 16.7 Å². The number of rotatable bonds is 6. The van der Waals surface area contributed by atoms with Crippen molar-refractivity contribution in [2.24, 2.45) is 0 Å². The minimum atomic E-state index is -3.17. The smallest absolute Gasteiger partial charge is 0.288 e. The Hall–Kier alpha value is -1.82. The van der Waals surface area contributed by atoms with Gasteiger partial charge < -0.3 is 9.15 Å². The molecule has 148 valence electrons. The van der Waals surface area contributed by atoms with Gasteiger partial charge in [0, 0.05) is 26.2 Å². The van der Waals surface area contributed by atoms with Crippen molar-refractivity contribution in [3.05, 3.63) is 40.8 Å². The Bertz CT molecular complexity index is 951. The second-order valence-corrected chi connectivity index (χ2v) is 8.65. The van der Waals surface area contributed by atoms with E-state index in [2.05, 4.69) is 5.10 Å². The Morgan fingerprint density at radius 1 is 1.30 bits per heavy atom. The monoisotopic (exact) mass is 416 g/mol. The molecule has 8 nitrogen and oxygen atoms in total. The molecule has 1 atom stereocenters. The van der Waals surface area contributed by atoms with E-state index in [1.54, 1.807) is 19.1 Å². The average molecular weight is 417 g/mol. The first-order chi connectivity index (χ1) is 12.7. The van der Waals surface area contributed by atoms with E-state index in [1.807, 2.05) is 4.90 Å². The van der Waals surface area contributed by atoms with Crippen LogP contribution in [0.1, 0.15) is 18.9 Å². The Labute approximate surface area is 162 Å². The van der Waals surface area contributed by atoms with Gasteiger partial charge in [-0.25, -0.2) is 17.5 Å². The van der Waals surface area contributed by atoms with Gasteiger partial charge in [-0.1, -0.05) is 12.1 Å². The number of benzene rings is 1. The zero-order valence-electron chi connectivity index (χ0n) is 15.0. The molecular weight excluding hydrogens is 395 g/mol. The molecule has 2 heterocycles. The first-order valence-electron chi connectivity index (χ1n) is 8.40. The van der Waals surface area contributed by atoms with Crippen molar-refractivity contribution in [1.82, 2.24) is 19.0 Å². The number of aromatic nitrogens is 2. The maximum Gasteiger partial charge on any atom is 0.288 e. The molecule has 0 amide bonds. The van der Waals surface area contributed by atoms with E-state index >= 15 is 0 Å². The van der Waals surface area contributed by atoms with Crippen molar-refractivity contribution < 1.29 is 22.0 Å². The molecule has 2 aromatic rings. The Morgan fingerprint density at radius 2 is 1.96 bits per heavy atom. The summed E-state index contributed by atoms with van der Waals surface area (Å²) in [6, 6.07) is 6.09. The van der Waals surface area contributed by atoms with Crippen LogP contribution in [0.2, 0.25) is 0 Å². The van der Waals surface area contributed by atoms with Crippen molar-refractivity contribution in [3.63, 3.8) is 0 Å². The van der Waals surface area contributed by atoms with Crippen LogP contribution in [0.3, 0.4) is 0 Å². The highest BCUT2D eigenvalue weighted by Crippen LogP contribution is 2.23. The number of hydrogen-bond donors (Lipinski definition) is 0. The summed E-state index contributed by atoms with van der Waals surface area (Å²) in [7, 11) is -3.17. The lowest BCUT2D eigenvalue weighted by molar-refractivity contribution is 0.143. The molecule has 0 radical (unpaired) electrons. The maximum absolute atomic E-state index is 13.7. The third-order valence-corrected chi connectivity index (χ3v) is 5.84. The van der Waals surface area contributed by atoms with E-state index in [1.165, 1.54) is 27.4 Å². The quantitative estimate of drug-likeness (QED) is 0.667. The van der Waals surface area contributed by atoms with Crippen molar-refractivity contribution in [3.8, 4) is 5.75 Å². The van der Waals surface area contributed by atoms with Gasteiger partial charge in [-0.2, -0.15) is 4.31 Å². The minimum absolute atomic E-state index is 0.109. The molecule has 1 saturated heterocycles. The van der Waals surface area contributed by atoms with Crippen LogP contribution in [0.4, 0.5) is 4.39 Å². The van der Waals surface area contributed by atoms with Gasteiger partial charge >= 0.3 is 0 Å². The fraction of sp³-hybridized carbons (Fsp3) is 0.500. The van der Waals surface area contributed by atoms with E-state index < -0.39 is 21.9 Å². The molecule has 1 aliphatic rings. The Balaban J connectivity index is 1.63. The summed E-state index contributed by atoms with van der Waals surface area (Å²) in [4.78, 5) is 2.21. The van der Waals surface area contributed by atoms with Gasteiger partial charge in [0.15, 0.2) is 17.7 Å². The lowest BCUT2D eigenvalue weighted by Crippen LogP contribution is -2.48. The third-order valence-electron chi connectivity index (χ3n) is 4.24. The van der Waals surface area contributed by atoms with Crippen LogP contribution < -0.4 is 4.74 Å². The van der Waals surface area contributed by atoms with E-state index in [0.29, 0.717) is 32.8 Å². The number of hydrogen-bond acceptors (Lipinski definition) is 7. The van der Waals surface area contributed by atoms with Crippen LogP contribution in [0.25, 0.3) is 0 Å². The van der Waals surface area contributed by atoms with Gasteiger partial charge in [0.25, 0.3) is 10.7 Å². The molecule has 0 aliphatic carbocycles. The van der Waals surface area contributed by atoms with Crippen LogP contribution >= 0.6 is 12.2 Å². The van der Waals surface area contributed by atoms with Crippen molar-refractivity contribution in [2.45, 2.75) is 19.7 Å². The van der Waals surface area contributed by atoms with E-state index in [0.717, 1.165) is 0 Å². The topological polar surface area (TPSA) is 80.8 Å². The summed E-state index contributed by atoms with van der Waals surface area (Å²) in [6.45, 7) is 4.05. The average Bonchev–Trinajstić information content (AvgIpc) is 2.97. The summed E-state index contributed by atoms with van der Waals surface area (Å²) in [5.41, 5.74) is 0. The van der Waals surface area contributed by atoms with Gasteiger partial charge in [-0.05, 0) is 31.3 Å². The highest BCUT2D eigenvalue weighted by atomic mass is 32.2. The fourth-order valence-electron chi connectivity index (χ4n) is 2.75. The van der Waals surface area contributed by atoms with Crippen LogP contribution in [0.15, 0.2) is 28.7 Å². The molecule has 11 heteroatoms. The number of piperazine rings is 1. The largest absolute Gasteiger partial charge is 0.478 e. The first kappa shape index (κ1) is 19.9. The second kappa shape index (κ2) is 8.05. The number of halogens is 1. The molecule has 27 heavy (non-hydrogen) atoms. The molecule has 3 rings (SSSR count). The number of sulfonamides is 1. The maximum atomic E-state index is 13.7. The molecule has 1 aromatic heterocycles. The van der Waals surface area contributed by atoms with E-state index in [4.69, 9.17) is 21.4 Å². The van der Waals surface area contributed by atoms with Gasteiger partial charge in [-0.15, -0.1) is 5.10 Å². The molecule has 1 aliphatic heterocycles. The fourth-order valence-corrected chi connectivity index (χ4v) is 3.76. The minimum Gasteiger partial charge on any atom is -0.478 e. The summed E-state index contributed by atoms with van der Waals surface area (Å²) in [6.07, 6.45) is 0.589. The molecule has 0 saturated carbocycles. The molecule has 1 unspecified atom stereocenters. The highest BCUT2D eigenvalue weighted by Gasteiger charge is 2.24. The van der Waals surface area contributed by atoms with Gasteiger partial charge in [-0.3, -0.25) is 4.90 Å². The number of para-hydroxylation sites is 1. The highest BCUT2D eigenvalue weighted by molar-refractivity contribution is 7.88. The Morgan fingerprint density at radius 3 is 2.59 bits per heavy atom. The second-order valence-electron chi connectivity index (χ2n) is 6.32. The molecule has 1 aromatic carbocycles. The Kier molecular flexibility index (Phi) is 5.94. The van der Waals surface area contributed by atoms with E-state index in [9.17, 15) is 12.8 Å². The number of ether oxygens (including phenoxy) is 1. The zero-order valence-corrected chi connectivity index (χ0v) is 16.7. The molecule has 1 fully saturated rings. The zero-order chi connectivity index (χ0) is 19.6. The van der Waals surface area contributed by atoms with Gasteiger partial charge in [0.1, 0.15) is 0 Å². The summed E-state index contributed by atoms with van der Waals surface area (Å²) < 4.78 is 50.9. The van der Waals surface area contributed by atoms with E-state index in [-0.39, 0.29) is 16.5 Å². The number of nitrogens with zero attached hydrogens (tertiary/aromatic N) is 4. The first-order valence-corrected chi connectivity index (χ1v) is 10.7. The normalized spacial score (nSPS) is 17.7. The molecule has 0 N–H and O–H groups in total. The molecular formula is C16H21FN4O4S2. The predicted octanol–water partition coefficient (Wildman–Crippen LogP) is 2.02. The van der Waals surface area contributed by atoms with Gasteiger partial charge in [0.2, 0.25) is 10.0 Å². The van der Waals surface area contributed by atoms with Crippen LogP contribution in [0, 0.1) is 10.7 Å². The van der Waals surface area contributed by atoms with Crippen molar-refractivity contribution >= 4 is 22.2 Å². The van der Waals surface area contributed by atoms with Crippen molar-refractivity contribution in [2.75, 3.05) is 32.4 Å². The molecule has 0 bridgehead atoms. The standard InChI is InChI=1S/C16H21FN4O4S2/c1-12(24-14-6-4-3-5-13(14)17)15-18-21(16(26)25-15)11-19-7-9-20(10-8-19)27(2,22)23/h3-6,12H,7-11H2,1-2H3. The predicted molar refractivity (Wildman–Crippen MR) is 98.8 cm³/mol. The third kappa shape index (κ3) is 4.92. The lowest BCUT2D eigenvalue weighted by Gasteiger charge is -2.32. The van der Waals surface area contributed by atoms with Crippen LogP contribution in [-0.4, -0.2) is 59.8 Å². The van der Waals surface area contributed by atoms with Gasteiger partial charge in [0.05, 0.1) is 12.9 Å². The summed E-state index contributed by atoms with van der Waals surface area (Å²) >= 11 is 5.20. The van der Waals surface area contributed by atoms with Crippen LogP contribution in [0.5, 0.6) is 5.75 Å². The summed E-state index contributed by atoms with van der Waals surface area (Å²) in [5.74, 6) is -0.110. The van der Waals surface area contributed by atoms with Crippen molar-refractivity contribution in [1.29, 1.82) is 0 Å². The summed E-state index contributed by atoms with van der Waals surface area (Å²) in [5, 5.41) is 4.32. The molecule has 0 spiro atoms. The lowest BCUT2D eigenvalue weighted by atomic mass is 10.3. The SMILES string of the molecule is CC(Oc1ccccc1F)c1nn(CN2CCN(S(C)(=O)=O)CC2)c(=S)o1.